The van der Waals surface area contributed by atoms with Gasteiger partial charge in [-0.2, -0.15) is 0 Å². The van der Waals surface area contributed by atoms with Crippen molar-refractivity contribution < 1.29 is 19.4 Å². The second-order valence-electron chi connectivity index (χ2n) is 8.05. The number of hydrogen-bond donors (Lipinski definition) is 1. The predicted molar refractivity (Wildman–Crippen MR) is 105 cm³/mol. The van der Waals surface area contributed by atoms with E-state index in [1.165, 1.54) is 32.1 Å². The number of aliphatic hydroxyl groups is 1. The molecule has 0 radical (unpaired) electrons. The van der Waals surface area contributed by atoms with Crippen LogP contribution in [0.15, 0.2) is 29.8 Å². The molecule has 146 valence electrons. The molecule has 0 saturated heterocycles. The summed E-state index contributed by atoms with van der Waals surface area (Å²) in [5.41, 5.74) is 0.375. The summed E-state index contributed by atoms with van der Waals surface area (Å²) >= 11 is 0. The standard InChI is InChI=1S/C23H30O4/c1-3-27-22(26)19-20(24)17-13-7-8-14-18(17)23(2,21(19)25)15-9-12-16-10-5-4-6-11-16/h7-8,13-14,16,24H,3-6,9-12,15H2,1-2H3. The number of rotatable bonds is 6. The first-order chi connectivity index (χ1) is 13.0. The SMILES string of the molecule is CCOC(=O)C1=C(O)c2ccccc2C(C)(CCCC2CCCCC2)C1=O. The average Bonchev–Trinajstić information content (AvgIpc) is 2.68. The number of hydrogen-bond acceptors (Lipinski definition) is 4. The fourth-order valence-corrected chi connectivity index (χ4v) is 4.67. The lowest BCUT2D eigenvalue weighted by Crippen LogP contribution is -2.40. The first-order valence-corrected chi connectivity index (χ1v) is 10.2. The third-order valence-corrected chi connectivity index (χ3v) is 6.24. The minimum Gasteiger partial charge on any atom is -0.506 e. The molecule has 0 bridgehead atoms. The highest BCUT2D eigenvalue weighted by molar-refractivity contribution is 6.26. The van der Waals surface area contributed by atoms with Crippen molar-refractivity contribution >= 4 is 17.5 Å². The first-order valence-electron chi connectivity index (χ1n) is 10.2. The van der Waals surface area contributed by atoms with E-state index in [1.54, 1.807) is 13.0 Å². The number of benzene rings is 1. The molecule has 1 N–H and O–H groups in total. The number of Topliss-reactive ketones (excluding diaryl/α,β-unsaturated/α-hetero) is 1. The van der Waals surface area contributed by atoms with Gasteiger partial charge in [0.2, 0.25) is 0 Å². The fourth-order valence-electron chi connectivity index (χ4n) is 4.67. The molecule has 1 aromatic carbocycles. The van der Waals surface area contributed by atoms with Crippen LogP contribution in [0.1, 0.15) is 76.3 Å². The van der Waals surface area contributed by atoms with Gasteiger partial charge in [-0.15, -0.1) is 0 Å². The predicted octanol–water partition coefficient (Wildman–Crippen LogP) is 5.11. The Balaban J connectivity index is 1.87. The van der Waals surface area contributed by atoms with Gasteiger partial charge in [-0.3, -0.25) is 4.79 Å². The molecule has 0 amide bonds. The Hall–Kier alpha value is -2.10. The Labute approximate surface area is 161 Å². The van der Waals surface area contributed by atoms with E-state index in [4.69, 9.17) is 4.74 Å². The van der Waals surface area contributed by atoms with Crippen LogP contribution < -0.4 is 0 Å². The molecule has 0 spiro atoms. The van der Waals surface area contributed by atoms with Gasteiger partial charge in [0, 0.05) is 5.56 Å². The highest BCUT2D eigenvalue weighted by Gasteiger charge is 2.46. The van der Waals surface area contributed by atoms with Gasteiger partial charge >= 0.3 is 5.97 Å². The van der Waals surface area contributed by atoms with Crippen LogP contribution in [0, 0.1) is 5.92 Å². The van der Waals surface area contributed by atoms with E-state index in [1.807, 2.05) is 25.1 Å². The lowest BCUT2D eigenvalue weighted by molar-refractivity contribution is -0.140. The molecule has 1 saturated carbocycles. The molecule has 4 nitrogen and oxygen atoms in total. The highest BCUT2D eigenvalue weighted by atomic mass is 16.5. The van der Waals surface area contributed by atoms with Gasteiger partial charge in [0.05, 0.1) is 12.0 Å². The molecular formula is C23H30O4. The van der Waals surface area contributed by atoms with E-state index in [9.17, 15) is 14.7 Å². The summed E-state index contributed by atoms with van der Waals surface area (Å²) in [4.78, 5) is 25.7. The van der Waals surface area contributed by atoms with Crippen molar-refractivity contribution in [2.45, 2.75) is 70.6 Å². The molecule has 2 aliphatic rings. The van der Waals surface area contributed by atoms with E-state index in [-0.39, 0.29) is 23.7 Å². The minimum atomic E-state index is -0.806. The summed E-state index contributed by atoms with van der Waals surface area (Å²) in [5.74, 6) is -0.544. The Kier molecular flexibility index (Phi) is 6.03. The van der Waals surface area contributed by atoms with Gasteiger partial charge in [0.1, 0.15) is 11.3 Å². The monoisotopic (exact) mass is 370 g/mol. The first kappa shape index (κ1) is 19.7. The molecular weight excluding hydrogens is 340 g/mol. The number of esters is 1. The number of ether oxygens (including phenoxy) is 1. The van der Waals surface area contributed by atoms with Gasteiger partial charge in [0.15, 0.2) is 5.78 Å². The summed E-state index contributed by atoms with van der Waals surface area (Å²) in [5, 5.41) is 10.6. The summed E-state index contributed by atoms with van der Waals surface area (Å²) < 4.78 is 5.05. The zero-order chi connectivity index (χ0) is 19.4. The molecule has 1 fully saturated rings. The largest absolute Gasteiger partial charge is 0.506 e. The van der Waals surface area contributed by atoms with Crippen LogP contribution in [0.3, 0.4) is 0 Å². The van der Waals surface area contributed by atoms with Crippen molar-refractivity contribution in [1.29, 1.82) is 0 Å². The summed E-state index contributed by atoms with van der Waals surface area (Å²) in [6.07, 6.45) is 9.28. The van der Waals surface area contributed by atoms with Gasteiger partial charge in [0.25, 0.3) is 0 Å². The van der Waals surface area contributed by atoms with Crippen molar-refractivity contribution in [3.8, 4) is 0 Å². The molecule has 1 aromatic rings. The Morgan fingerprint density at radius 1 is 1.22 bits per heavy atom. The zero-order valence-electron chi connectivity index (χ0n) is 16.4. The fraction of sp³-hybridized carbons (Fsp3) is 0.565. The molecule has 1 unspecified atom stereocenters. The zero-order valence-corrected chi connectivity index (χ0v) is 16.4. The number of ketones is 1. The minimum absolute atomic E-state index is 0.170. The van der Waals surface area contributed by atoms with Crippen LogP contribution in [-0.4, -0.2) is 23.5 Å². The average molecular weight is 370 g/mol. The molecule has 0 heterocycles. The number of fused-ring (bicyclic) bond motifs is 1. The molecule has 0 aromatic heterocycles. The lowest BCUT2D eigenvalue weighted by atomic mass is 9.67. The number of carbonyl (C=O) groups excluding carboxylic acids is 2. The van der Waals surface area contributed by atoms with Crippen molar-refractivity contribution in [3.63, 3.8) is 0 Å². The lowest BCUT2D eigenvalue weighted by Gasteiger charge is -2.35. The molecule has 0 aliphatic heterocycles. The Bertz CT molecular complexity index is 743. The van der Waals surface area contributed by atoms with Crippen molar-refractivity contribution in [3.05, 3.63) is 41.0 Å². The maximum absolute atomic E-state index is 13.3. The highest BCUT2D eigenvalue weighted by Crippen LogP contribution is 2.43. The Morgan fingerprint density at radius 3 is 2.63 bits per heavy atom. The van der Waals surface area contributed by atoms with E-state index < -0.39 is 11.4 Å². The maximum Gasteiger partial charge on any atom is 0.345 e. The topological polar surface area (TPSA) is 63.6 Å². The van der Waals surface area contributed by atoms with Crippen LogP contribution in [0.5, 0.6) is 0 Å². The van der Waals surface area contributed by atoms with Crippen molar-refractivity contribution in [2.75, 3.05) is 6.61 Å². The van der Waals surface area contributed by atoms with Crippen LogP contribution >= 0.6 is 0 Å². The van der Waals surface area contributed by atoms with Crippen molar-refractivity contribution in [2.24, 2.45) is 5.92 Å². The molecule has 27 heavy (non-hydrogen) atoms. The second-order valence-corrected chi connectivity index (χ2v) is 8.05. The van der Waals surface area contributed by atoms with E-state index in [2.05, 4.69) is 0 Å². The van der Waals surface area contributed by atoms with Crippen molar-refractivity contribution in [1.82, 2.24) is 0 Å². The second kappa shape index (κ2) is 8.28. The van der Waals surface area contributed by atoms with Crippen LogP contribution in [0.25, 0.3) is 5.76 Å². The van der Waals surface area contributed by atoms with E-state index >= 15 is 0 Å². The third-order valence-electron chi connectivity index (χ3n) is 6.24. The number of aliphatic hydroxyl groups excluding tert-OH is 1. The van der Waals surface area contributed by atoms with Crippen LogP contribution in [-0.2, 0) is 19.7 Å². The molecule has 2 aliphatic carbocycles. The maximum atomic E-state index is 13.3. The summed E-state index contributed by atoms with van der Waals surface area (Å²) in [6.45, 7) is 3.77. The van der Waals surface area contributed by atoms with Crippen LogP contribution in [0.2, 0.25) is 0 Å². The van der Waals surface area contributed by atoms with Gasteiger partial charge in [-0.1, -0.05) is 69.2 Å². The van der Waals surface area contributed by atoms with Gasteiger partial charge in [-0.05, 0) is 31.7 Å². The molecule has 4 heteroatoms. The Morgan fingerprint density at radius 2 is 1.93 bits per heavy atom. The number of carbonyl (C=O) groups is 2. The molecule has 1 atom stereocenters. The smallest absolute Gasteiger partial charge is 0.345 e. The summed E-state index contributed by atoms with van der Waals surface area (Å²) in [6, 6.07) is 7.37. The molecule has 3 rings (SSSR count). The third kappa shape index (κ3) is 3.80. The van der Waals surface area contributed by atoms with E-state index in [0.717, 1.165) is 24.3 Å². The van der Waals surface area contributed by atoms with Gasteiger partial charge < -0.3 is 9.84 Å². The van der Waals surface area contributed by atoms with Gasteiger partial charge in [-0.25, -0.2) is 4.79 Å². The normalized spacial score (nSPS) is 23.3. The van der Waals surface area contributed by atoms with Crippen LogP contribution in [0.4, 0.5) is 0 Å². The van der Waals surface area contributed by atoms with E-state index in [0.29, 0.717) is 12.0 Å². The quantitative estimate of drug-likeness (QED) is 0.558. The summed E-state index contributed by atoms with van der Waals surface area (Å²) in [7, 11) is 0.